The van der Waals surface area contributed by atoms with Crippen molar-refractivity contribution in [3.8, 4) is 0 Å². The second-order valence-corrected chi connectivity index (χ2v) is 1.55. The zero-order valence-electron chi connectivity index (χ0n) is 7.32. The van der Waals surface area contributed by atoms with Crippen molar-refractivity contribution in [3.05, 3.63) is 0 Å². The SMILES string of the molecule is [2H]C1([2H])CNCC([2H])(C)O1. The van der Waals surface area contributed by atoms with Crippen molar-refractivity contribution >= 4 is 0 Å². The molecule has 2 heteroatoms. The van der Waals surface area contributed by atoms with Gasteiger partial charge in [-0.25, -0.2) is 0 Å². The Hall–Kier alpha value is -0.0800. The lowest BCUT2D eigenvalue weighted by molar-refractivity contribution is 0.0410. The van der Waals surface area contributed by atoms with E-state index < -0.39 is 12.6 Å². The van der Waals surface area contributed by atoms with E-state index in [1.54, 1.807) is 0 Å². The monoisotopic (exact) mass is 104 g/mol. The van der Waals surface area contributed by atoms with Gasteiger partial charge in [0.1, 0.15) is 0 Å². The molecule has 1 saturated heterocycles. The molecule has 0 aromatic heterocycles. The Kier molecular flexibility index (Phi) is 0.804. The lowest BCUT2D eigenvalue weighted by atomic mass is 10.3. The predicted molar refractivity (Wildman–Crippen MR) is 28.3 cm³/mol. The highest BCUT2D eigenvalue weighted by Gasteiger charge is 2.04. The summed E-state index contributed by atoms with van der Waals surface area (Å²) in [5.41, 5.74) is 0. The molecule has 1 aliphatic heterocycles. The van der Waals surface area contributed by atoms with Gasteiger partial charge in [0.15, 0.2) is 0 Å². The highest BCUT2D eigenvalue weighted by atomic mass is 16.5. The van der Waals surface area contributed by atoms with Gasteiger partial charge in [0.05, 0.1) is 16.8 Å². The molecule has 1 fully saturated rings. The summed E-state index contributed by atoms with van der Waals surface area (Å²) in [6.45, 7) is 0.402. The molecule has 0 bridgehead atoms. The van der Waals surface area contributed by atoms with Crippen LogP contribution in [-0.4, -0.2) is 25.7 Å². The zero-order chi connectivity index (χ0) is 7.83. The molecule has 0 aromatic rings. The van der Waals surface area contributed by atoms with Gasteiger partial charge in [-0.2, -0.15) is 0 Å². The van der Waals surface area contributed by atoms with Crippen LogP contribution in [0.25, 0.3) is 0 Å². The van der Waals surface area contributed by atoms with E-state index in [2.05, 4.69) is 5.32 Å². The minimum absolute atomic E-state index is 0.168. The fourth-order valence-corrected chi connectivity index (χ4v) is 0.485. The maximum Gasteiger partial charge on any atom is 0.0672 e. The van der Waals surface area contributed by atoms with Crippen LogP contribution >= 0.6 is 0 Å². The fraction of sp³-hybridized carbons (Fsp3) is 1.00. The topological polar surface area (TPSA) is 21.3 Å². The fourth-order valence-electron chi connectivity index (χ4n) is 0.485. The van der Waals surface area contributed by atoms with Crippen LogP contribution in [0.4, 0.5) is 0 Å². The quantitative estimate of drug-likeness (QED) is 0.467. The molecule has 0 amide bonds. The van der Waals surface area contributed by atoms with Gasteiger partial charge >= 0.3 is 0 Å². The summed E-state index contributed by atoms with van der Waals surface area (Å²) >= 11 is 0. The van der Waals surface area contributed by atoms with Gasteiger partial charge in [-0.15, -0.1) is 0 Å². The molecule has 42 valence electrons. The third-order valence-electron chi connectivity index (χ3n) is 0.818. The van der Waals surface area contributed by atoms with Crippen LogP contribution in [-0.2, 0) is 4.74 Å². The Morgan fingerprint density at radius 2 is 3.00 bits per heavy atom. The largest absolute Gasteiger partial charge is 0.376 e. The van der Waals surface area contributed by atoms with Crippen molar-refractivity contribution in [1.29, 1.82) is 0 Å². The zero-order valence-corrected chi connectivity index (χ0v) is 4.32. The average molecular weight is 104 g/mol. The Morgan fingerprint density at radius 1 is 2.14 bits per heavy atom. The highest BCUT2D eigenvalue weighted by Crippen LogP contribution is 1.91. The first-order valence-electron chi connectivity index (χ1n) is 3.82. The van der Waals surface area contributed by atoms with Crippen LogP contribution in [0.2, 0.25) is 0 Å². The van der Waals surface area contributed by atoms with Crippen LogP contribution in [0.5, 0.6) is 0 Å². The van der Waals surface area contributed by atoms with Crippen molar-refractivity contribution in [2.24, 2.45) is 0 Å². The van der Waals surface area contributed by atoms with E-state index in [4.69, 9.17) is 8.85 Å². The van der Waals surface area contributed by atoms with Gasteiger partial charge in [0.25, 0.3) is 0 Å². The van der Waals surface area contributed by atoms with E-state index in [9.17, 15) is 0 Å². The van der Waals surface area contributed by atoms with Gasteiger partial charge in [-0.05, 0) is 6.92 Å². The van der Waals surface area contributed by atoms with E-state index in [-0.39, 0.29) is 6.54 Å². The van der Waals surface area contributed by atoms with E-state index in [1.807, 2.05) is 0 Å². The van der Waals surface area contributed by atoms with Crippen LogP contribution in [0.3, 0.4) is 0 Å². The predicted octanol–water partition coefficient (Wildman–Crippen LogP) is -0.00530. The molecule has 0 spiro atoms. The number of nitrogens with one attached hydrogen (secondary N) is 1. The van der Waals surface area contributed by atoms with Gasteiger partial charge in [-0.3, -0.25) is 0 Å². The van der Waals surface area contributed by atoms with E-state index >= 15 is 0 Å². The maximum atomic E-state index is 7.36. The maximum absolute atomic E-state index is 7.36. The lowest BCUT2D eigenvalue weighted by Gasteiger charge is -2.18. The second-order valence-electron chi connectivity index (χ2n) is 1.55. The normalized spacial score (nSPS) is 57.0. The first-order chi connectivity index (χ1) is 4.41. The summed E-state index contributed by atoms with van der Waals surface area (Å²) < 4.78 is 26.4. The highest BCUT2D eigenvalue weighted by molar-refractivity contribution is 4.59. The molecule has 2 nitrogen and oxygen atoms in total. The molecule has 1 atom stereocenters. The Labute approximate surface area is 48.1 Å². The Bertz CT molecular complexity index is 123. The molecule has 1 heterocycles. The third kappa shape index (κ3) is 1.45. The van der Waals surface area contributed by atoms with Crippen molar-refractivity contribution in [2.75, 3.05) is 19.6 Å². The number of ether oxygens (including phenoxy) is 1. The molecule has 0 saturated carbocycles. The molecule has 1 N–H and O–H groups in total. The standard InChI is InChI=1S/C5H11NO/c1-5-4-6-2-3-7-5/h5-6H,2-4H2,1H3/i3D2,5D. The van der Waals surface area contributed by atoms with Crippen molar-refractivity contribution in [3.63, 3.8) is 0 Å². The average Bonchev–Trinajstić information content (AvgIpc) is 1.56. The number of hydrogen-bond acceptors (Lipinski definition) is 2. The molecule has 1 unspecified atom stereocenters. The van der Waals surface area contributed by atoms with E-state index in [1.165, 1.54) is 6.92 Å². The van der Waals surface area contributed by atoms with Gasteiger partial charge < -0.3 is 10.1 Å². The van der Waals surface area contributed by atoms with Crippen LogP contribution in [0.1, 0.15) is 11.0 Å². The van der Waals surface area contributed by atoms with Gasteiger partial charge in [0.2, 0.25) is 0 Å². The first kappa shape index (κ1) is 2.46. The van der Waals surface area contributed by atoms with E-state index in [0.29, 0.717) is 6.54 Å². The second kappa shape index (κ2) is 2.28. The molecule has 1 rings (SSSR count). The summed E-state index contributed by atoms with van der Waals surface area (Å²) in [5.74, 6) is 0. The smallest absolute Gasteiger partial charge is 0.0672 e. The van der Waals surface area contributed by atoms with Crippen LogP contribution in [0.15, 0.2) is 0 Å². The summed E-state index contributed by atoms with van der Waals surface area (Å²) in [4.78, 5) is 0. The van der Waals surface area contributed by atoms with Gasteiger partial charge in [-0.1, -0.05) is 0 Å². The Balaban J connectivity index is 2.56. The van der Waals surface area contributed by atoms with E-state index in [0.717, 1.165) is 0 Å². The lowest BCUT2D eigenvalue weighted by Crippen LogP contribution is -2.36. The number of morpholine rings is 1. The van der Waals surface area contributed by atoms with Gasteiger partial charge in [0, 0.05) is 13.1 Å². The summed E-state index contributed by atoms with van der Waals surface area (Å²) in [7, 11) is 0. The molecule has 7 heavy (non-hydrogen) atoms. The number of rotatable bonds is 0. The molecule has 0 radical (unpaired) electrons. The van der Waals surface area contributed by atoms with Crippen molar-refractivity contribution in [2.45, 2.75) is 13.0 Å². The molecular formula is C5H11NO. The van der Waals surface area contributed by atoms with Crippen LogP contribution < -0.4 is 5.32 Å². The molecular weight excluding hydrogens is 90.1 g/mol. The molecule has 1 aliphatic rings. The Morgan fingerprint density at radius 3 is 3.43 bits per heavy atom. The van der Waals surface area contributed by atoms with Crippen molar-refractivity contribution < 1.29 is 8.85 Å². The first-order valence-corrected chi connectivity index (χ1v) is 2.32. The minimum atomic E-state index is -1.69. The number of hydrogen-bond donors (Lipinski definition) is 1. The summed E-state index contributed by atoms with van der Waals surface area (Å²) in [6.07, 6.45) is -1.12. The summed E-state index contributed by atoms with van der Waals surface area (Å²) in [5, 5.41) is 2.78. The molecule has 0 aromatic carbocycles. The van der Waals surface area contributed by atoms with Crippen molar-refractivity contribution in [1.82, 2.24) is 5.32 Å². The third-order valence-corrected chi connectivity index (χ3v) is 0.818. The molecule has 0 aliphatic carbocycles. The minimum Gasteiger partial charge on any atom is -0.376 e. The summed E-state index contributed by atoms with van der Waals surface area (Å²) in [6, 6.07) is 0. The van der Waals surface area contributed by atoms with Crippen LogP contribution in [0, 0.1) is 0 Å².